The van der Waals surface area contributed by atoms with Crippen LogP contribution in [0.1, 0.15) is 37.4 Å². The smallest absolute Gasteiger partial charge is 0.161 e. The Kier molecular flexibility index (Phi) is 9.44. The molecule has 1 N–H and O–H groups in total. The maximum atomic E-state index is 13.0. The van der Waals surface area contributed by atoms with Gasteiger partial charge in [-0.1, -0.05) is 6.07 Å². The number of benzene rings is 2. The number of carbonyl (C=O) groups excluding carboxylic acids is 1. The van der Waals surface area contributed by atoms with Crippen LogP contribution < -0.4 is 18.9 Å². The predicted octanol–water partition coefficient (Wildman–Crippen LogP) is 3.66. The third-order valence-electron chi connectivity index (χ3n) is 6.88. The molecule has 0 amide bonds. The van der Waals surface area contributed by atoms with E-state index in [1.807, 2.05) is 42.5 Å². The molecule has 0 spiro atoms. The highest BCUT2D eigenvalue weighted by atomic mass is 16.6. The Labute approximate surface area is 213 Å². The molecule has 0 aromatic heterocycles. The van der Waals surface area contributed by atoms with Crippen LogP contribution >= 0.6 is 0 Å². The topological polar surface area (TPSA) is 86.7 Å². The Balaban J connectivity index is 1.40. The van der Waals surface area contributed by atoms with Gasteiger partial charge in [-0.3, -0.25) is 9.69 Å². The van der Waals surface area contributed by atoms with Gasteiger partial charge >= 0.3 is 0 Å². The molecule has 2 aliphatic rings. The van der Waals surface area contributed by atoms with E-state index < -0.39 is 6.10 Å². The highest BCUT2D eigenvalue weighted by Gasteiger charge is 2.32. The van der Waals surface area contributed by atoms with Gasteiger partial charge in [0, 0.05) is 38.5 Å². The lowest BCUT2D eigenvalue weighted by Gasteiger charge is -2.31. The lowest BCUT2D eigenvalue weighted by molar-refractivity contribution is -0.121. The lowest BCUT2D eigenvalue weighted by atomic mass is 9.89. The Morgan fingerprint density at radius 2 is 1.83 bits per heavy atom. The Morgan fingerprint density at radius 3 is 2.58 bits per heavy atom. The first-order chi connectivity index (χ1) is 17.6. The second-order valence-electron chi connectivity index (χ2n) is 9.37. The van der Waals surface area contributed by atoms with E-state index in [0.717, 1.165) is 30.7 Å². The average molecular weight is 500 g/mol. The molecule has 1 saturated heterocycles. The maximum Gasteiger partial charge on any atom is 0.161 e. The largest absolute Gasteiger partial charge is 0.497 e. The molecule has 2 unspecified atom stereocenters. The first-order valence-corrected chi connectivity index (χ1v) is 12.7. The van der Waals surface area contributed by atoms with E-state index in [9.17, 15) is 9.90 Å². The van der Waals surface area contributed by atoms with Crippen molar-refractivity contribution in [1.29, 1.82) is 0 Å². The maximum absolute atomic E-state index is 13.0. The molecule has 196 valence electrons. The molecule has 3 atom stereocenters. The number of nitrogens with zero attached hydrogens (tertiary/aromatic N) is 1. The van der Waals surface area contributed by atoms with Crippen molar-refractivity contribution in [3.8, 4) is 23.0 Å². The molecule has 8 heteroatoms. The Bertz CT molecular complexity index is 980. The summed E-state index contributed by atoms with van der Waals surface area (Å²) in [5.41, 5.74) is 0.731. The van der Waals surface area contributed by atoms with E-state index in [-0.39, 0.29) is 31.1 Å². The minimum atomic E-state index is -0.809. The van der Waals surface area contributed by atoms with E-state index in [0.29, 0.717) is 49.7 Å². The van der Waals surface area contributed by atoms with Crippen LogP contribution in [-0.2, 0) is 9.53 Å². The summed E-state index contributed by atoms with van der Waals surface area (Å²) in [6.45, 7) is 3.49. The number of fused-ring (bicyclic) bond motifs is 1. The summed E-state index contributed by atoms with van der Waals surface area (Å²) in [6, 6.07) is 13.1. The van der Waals surface area contributed by atoms with Gasteiger partial charge in [-0.15, -0.1) is 0 Å². The van der Waals surface area contributed by atoms with Crippen molar-refractivity contribution in [2.75, 3.05) is 53.7 Å². The van der Waals surface area contributed by atoms with Gasteiger partial charge in [0.25, 0.3) is 0 Å². The normalized spacial score (nSPS) is 19.0. The van der Waals surface area contributed by atoms with Crippen LogP contribution in [0.4, 0.5) is 0 Å². The summed E-state index contributed by atoms with van der Waals surface area (Å²) in [5, 5.41) is 11.4. The Morgan fingerprint density at radius 1 is 1.08 bits per heavy atom. The molecular weight excluding hydrogens is 462 g/mol. The van der Waals surface area contributed by atoms with Crippen molar-refractivity contribution in [2.24, 2.45) is 5.92 Å². The Hall–Kier alpha value is -2.81. The van der Waals surface area contributed by atoms with Crippen molar-refractivity contribution in [2.45, 2.75) is 37.8 Å². The number of Topliss-reactive ketones (excluding diaryl/α,β-unsaturated/α-hetero) is 1. The van der Waals surface area contributed by atoms with Gasteiger partial charge in [0.15, 0.2) is 11.5 Å². The SMILES string of the molecule is COCC1CCCN1C[C@@H](CC(=O)CCOc1ccc(OC)cc1)C(O)c1ccc2c(c1)OCCO2. The summed E-state index contributed by atoms with van der Waals surface area (Å²) < 4.78 is 27.7. The standard InChI is InChI=1S/C28H37NO7/c1-32-19-22-4-3-12-29(22)18-21(28(31)20-5-10-26-27(17-20)36-15-14-35-26)16-23(30)11-13-34-25-8-6-24(33-2)7-9-25/h5-10,17,21-22,28,31H,3-4,11-16,18-19H2,1-2H3/t21-,22?,28?/m1/s1. The third kappa shape index (κ3) is 6.90. The van der Waals surface area contributed by atoms with Crippen LogP contribution in [0.15, 0.2) is 42.5 Å². The zero-order chi connectivity index (χ0) is 25.3. The molecule has 2 aromatic rings. The number of rotatable bonds is 13. The third-order valence-corrected chi connectivity index (χ3v) is 6.88. The lowest BCUT2D eigenvalue weighted by Crippen LogP contribution is -2.39. The number of likely N-dealkylation sites (tertiary alicyclic amines) is 1. The number of ketones is 1. The molecule has 36 heavy (non-hydrogen) atoms. The molecule has 4 rings (SSSR count). The van der Waals surface area contributed by atoms with Gasteiger partial charge in [-0.05, 0) is 61.3 Å². The van der Waals surface area contributed by atoms with Gasteiger partial charge in [-0.2, -0.15) is 0 Å². The van der Waals surface area contributed by atoms with Gasteiger partial charge in [-0.25, -0.2) is 0 Å². The summed E-state index contributed by atoms with van der Waals surface area (Å²) >= 11 is 0. The zero-order valence-electron chi connectivity index (χ0n) is 21.2. The van der Waals surface area contributed by atoms with Crippen LogP contribution in [-0.4, -0.2) is 75.6 Å². The summed E-state index contributed by atoms with van der Waals surface area (Å²) in [6.07, 6.45) is 1.88. The van der Waals surface area contributed by atoms with Gasteiger partial charge in [0.2, 0.25) is 0 Å². The van der Waals surface area contributed by atoms with Crippen molar-refractivity contribution in [3.05, 3.63) is 48.0 Å². The zero-order valence-corrected chi connectivity index (χ0v) is 21.2. The minimum absolute atomic E-state index is 0.0626. The average Bonchev–Trinajstić information content (AvgIpc) is 3.34. The van der Waals surface area contributed by atoms with Gasteiger partial charge in [0.05, 0.1) is 26.4 Å². The molecule has 0 bridgehead atoms. The fourth-order valence-electron chi connectivity index (χ4n) is 4.96. The van der Waals surface area contributed by atoms with Crippen molar-refractivity contribution >= 4 is 5.78 Å². The van der Waals surface area contributed by atoms with Crippen LogP contribution in [0.25, 0.3) is 0 Å². The number of hydrogen-bond donors (Lipinski definition) is 1. The van der Waals surface area contributed by atoms with E-state index in [2.05, 4.69) is 4.90 Å². The first kappa shape index (κ1) is 26.3. The van der Waals surface area contributed by atoms with Crippen molar-refractivity contribution in [3.63, 3.8) is 0 Å². The summed E-state index contributed by atoms with van der Waals surface area (Å²) in [5.74, 6) is 2.56. The van der Waals surface area contributed by atoms with Crippen molar-refractivity contribution < 1.29 is 33.6 Å². The van der Waals surface area contributed by atoms with Gasteiger partial charge in [0.1, 0.15) is 30.5 Å². The number of carbonyl (C=O) groups is 1. The number of aliphatic hydroxyl groups is 1. The quantitative estimate of drug-likeness (QED) is 0.447. The fraction of sp³-hybridized carbons (Fsp3) is 0.536. The van der Waals surface area contributed by atoms with Gasteiger partial charge < -0.3 is 28.8 Å². The number of ether oxygens (including phenoxy) is 5. The molecule has 0 radical (unpaired) electrons. The molecule has 0 aliphatic carbocycles. The van der Waals surface area contributed by atoms with Crippen LogP contribution in [0.3, 0.4) is 0 Å². The number of hydrogen-bond acceptors (Lipinski definition) is 8. The molecule has 2 aromatic carbocycles. The van der Waals surface area contributed by atoms with Crippen LogP contribution in [0.5, 0.6) is 23.0 Å². The second kappa shape index (κ2) is 12.9. The highest BCUT2D eigenvalue weighted by Crippen LogP contribution is 2.36. The van der Waals surface area contributed by atoms with Crippen molar-refractivity contribution in [1.82, 2.24) is 4.90 Å². The fourth-order valence-corrected chi connectivity index (χ4v) is 4.96. The van der Waals surface area contributed by atoms with E-state index in [1.165, 1.54) is 0 Å². The molecule has 2 heterocycles. The van der Waals surface area contributed by atoms with Crippen LogP contribution in [0, 0.1) is 5.92 Å². The summed E-state index contributed by atoms with van der Waals surface area (Å²) in [4.78, 5) is 15.3. The highest BCUT2D eigenvalue weighted by molar-refractivity contribution is 5.78. The summed E-state index contributed by atoms with van der Waals surface area (Å²) in [7, 11) is 3.33. The molecule has 8 nitrogen and oxygen atoms in total. The molecule has 0 saturated carbocycles. The molecule has 2 aliphatic heterocycles. The van der Waals surface area contributed by atoms with E-state index >= 15 is 0 Å². The van der Waals surface area contributed by atoms with E-state index in [4.69, 9.17) is 23.7 Å². The minimum Gasteiger partial charge on any atom is -0.497 e. The first-order valence-electron chi connectivity index (χ1n) is 12.7. The molecule has 1 fully saturated rings. The monoisotopic (exact) mass is 499 g/mol. The number of methoxy groups -OCH3 is 2. The van der Waals surface area contributed by atoms with Crippen LogP contribution in [0.2, 0.25) is 0 Å². The predicted molar refractivity (Wildman–Crippen MR) is 135 cm³/mol. The second-order valence-corrected chi connectivity index (χ2v) is 9.37. The molecular formula is C28H37NO7. The van der Waals surface area contributed by atoms with E-state index in [1.54, 1.807) is 14.2 Å². The number of aliphatic hydroxyl groups excluding tert-OH is 1.